The van der Waals surface area contributed by atoms with E-state index in [1.807, 2.05) is 25.1 Å². The van der Waals surface area contributed by atoms with E-state index in [1.165, 1.54) is 4.90 Å². The van der Waals surface area contributed by atoms with Crippen LogP contribution in [-0.4, -0.2) is 22.8 Å². The van der Waals surface area contributed by atoms with Gasteiger partial charge in [-0.1, -0.05) is 44.2 Å². The van der Waals surface area contributed by atoms with Crippen molar-refractivity contribution in [1.29, 1.82) is 0 Å². The molecule has 1 aromatic rings. The van der Waals surface area contributed by atoms with Crippen LogP contribution in [0.3, 0.4) is 0 Å². The fourth-order valence-corrected chi connectivity index (χ4v) is 3.03. The molecule has 0 N–H and O–H groups in total. The van der Waals surface area contributed by atoms with Crippen LogP contribution < -0.4 is 0 Å². The summed E-state index contributed by atoms with van der Waals surface area (Å²) in [5, 5.41) is 0. The normalized spacial score (nSPS) is 21.9. The number of nitrogens with zero attached hydrogens (tertiary/aromatic N) is 1. The Morgan fingerprint density at radius 1 is 1.33 bits per heavy atom. The molecular formula is C18H23NO2. The molecule has 2 amide bonds. The summed E-state index contributed by atoms with van der Waals surface area (Å²) in [7, 11) is 0. The smallest absolute Gasteiger partial charge is 0.260 e. The summed E-state index contributed by atoms with van der Waals surface area (Å²) < 4.78 is 0. The Morgan fingerprint density at radius 2 is 1.95 bits per heavy atom. The van der Waals surface area contributed by atoms with Gasteiger partial charge in [0.25, 0.3) is 5.91 Å². The lowest BCUT2D eigenvalue weighted by atomic mass is 9.88. The van der Waals surface area contributed by atoms with Gasteiger partial charge in [-0.25, -0.2) is 0 Å². The summed E-state index contributed by atoms with van der Waals surface area (Å²) in [6.07, 6.45) is 1.22. The molecule has 3 nitrogen and oxygen atoms in total. The van der Waals surface area contributed by atoms with Gasteiger partial charge in [-0.2, -0.15) is 0 Å². The highest BCUT2D eigenvalue weighted by atomic mass is 16.2. The van der Waals surface area contributed by atoms with Gasteiger partial charge in [0.2, 0.25) is 5.91 Å². The van der Waals surface area contributed by atoms with Crippen molar-refractivity contribution < 1.29 is 9.59 Å². The van der Waals surface area contributed by atoms with Crippen LogP contribution in [0.25, 0.3) is 0 Å². The topological polar surface area (TPSA) is 37.4 Å². The Labute approximate surface area is 126 Å². The lowest BCUT2D eigenvalue weighted by Crippen LogP contribution is -2.41. The number of hydrogen-bond donors (Lipinski definition) is 0. The van der Waals surface area contributed by atoms with Crippen LogP contribution in [0, 0.1) is 11.8 Å². The van der Waals surface area contributed by atoms with Crippen LogP contribution in [0.1, 0.15) is 44.0 Å². The number of likely N-dealkylation sites (tertiary alicyclic amines) is 1. The Morgan fingerprint density at radius 3 is 2.48 bits per heavy atom. The zero-order chi connectivity index (χ0) is 15.6. The maximum atomic E-state index is 12.7. The van der Waals surface area contributed by atoms with E-state index in [0.717, 1.165) is 12.0 Å². The minimum Gasteiger partial charge on any atom is -0.275 e. The average molecular weight is 285 g/mol. The third-order valence-corrected chi connectivity index (χ3v) is 4.04. The summed E-state index contributed by atoms with van der Waals surface area (Å²) >= 11 is 0. The first-order valence-electron chi connectivity index (χ1n) is 7.48. The minimum absolute atomic E-state index is 0.0669. The van der Waals surface area contributed by atoms with Crippen molar-refractivity contribution in [3.8, 4) is 0 Å². The SMILES string of the molecule is C=C(C)[C@@H]1CC(=O)N(C(=O)c2ccccc2)[C@H]1CC(C)C. The molecule has 1 heterocycles. The summed E-state index contributed by atoms with van der Waals surface area (Å²) in [5.74, 6) is 0.235. The van der Waals surface area contributed by atoms with Crippen molar-refractivity contribution >= 4 is 11.8 Å². The fourth-order valence-electron chi connectivity index (χ4n) is 3.03. The number of carbonyl (C=O) groups excluding carboxylic acids is 2. The van der Waals surface area contributed by atoms with E-state index in [1.54, 1.807) is 12.1 Å². The molecule has 21 heavy (non-hydrogen) atoms. The predicted molar refractivity (Wildman–Crippen MR) is 83.8 cm³/mol. The zero-order valence-electron chi connectivity index (χ0n) is 13.0. The average Bonchev–Trinajstić information content (AvgIpc) is 2.75. The van der Waals surface area contributed by atoms with E-state index in [2.05, 4.69) is 20.4 Å². The maximum absolute atomic E-state index is 12.7. The Hall–Kier alpha value is -1.90. The molecule has 1 fully saturated rings. The van der Waals surface area contributed by atoms with E-state index >= 15 is 0 Å². The predicted octanol–water partition coefficient (Wildman–Crippen LogP) is 3.67. The Kier molecular flexibility index (Phi) is 4.61. The van der Waals surface area contributed by atoms with Gasteiger partial charge in [0, 0.05) is 23.9 Å². The molecule has 3 heteroatoms. The highest BCUT2D eigenvalue weighted by Gasteiger charge is 2.43. The van der Waals surface area contributed by atoms with E-state index in [0.29, 0.717) is 17.9 Å². The monoisotopic (exact) mass is 285 g/mol. The molecule has 0 bridgehead atoms. The van der Waals surface area contributed by atoms with Crippen LogP contribution >= 0.6 is 0 Å². The molecule has 1 aliphatic heterocycles. The molecule has 2 rings (SSSR count). The molecule has 1 aromatic carbocycles. The first-order valence-corrected chi connectivity index (χ1v) is 7.48. The number of imide groups is 1. The van der Waals surface area contributed by atoms with Crippen molar-refractivity contribution in [1.82, 2.24) is 4.90 Å². The quantitative estimate of drug-likeness (QED) is 0.625. The second-order valence-corrected chi connectivity index (χ2v) is 6.29. The molecule has 1 saturated heterocycles. The third kappa shape index (κ3) is 3.23. The summed E-state index contributed by atoms with van der Waals surface area (Å²) in [6, 6.07) is 8.96. The van der Waals surface area contributed by atoms with Crippen molar-refractivity contribution in [3.63, 3.8) is 0 Å². The van der Waals surface area contributed by atoms with Gasteiger partial charge < -0.3 is 0 Å². The highest BCUT2D eigenvalue weighted by molar-refractivity contribution is 6.06. The van der Waals surface area contributed by atoms with Crippen LogP contribution in [0.4, 0.5) is 0 Å². The van der Waals surface area contributed by atoms with E-state index < -0.39 is 0 Å². The molecule has 0 spiro atoms. The molecule has 1 aliphatic rings. The van der Waals surface area contributed by atoms with Gasteiger partial charge in [-0.15, -0.1) is 0 Å². The second-order valence-electron chi connectivity index (χ2n) is 6.29. The van der Waals surface area contributed by atoms with Crippen molar-refractivity contribution in [2.45, 2.75) is 39.7 Å². The van der Waals surface area contributed by atoms with E-state index in [9.17, 15) is 9.59 Å². The van der Waals surface area contributed by atoms with Crippen LogP contribution in [0.2, 0.25) is 0 Å². The molecular weight excluding hydrogens is 262 g/mol. The van der Waals surface area contributed by atoms with Gasteiger partial charge in [0.15, 0.2) is 0 Å². The first kappa shape index (κ1) is 15.5. The molecule has 0 aliphatic carbocycles. The van der Waals surface area contributed by atoms with Crippen LogP contribution in [0.5, 0.6) is 0 Å². The Balaban J connectivity index is 2.32. The zero-order valence-corrected chi connectivity index (χ0v) is 13.0. The number of carbonyl (C=O) groups is 2. The molecule has 0 aromatic heterocycles. The lowest BCUT2D eigenvalue weighted by Gasteiger charge is -2.28. The second kappa shape index (κ2) is 6.25. The number of hydrogen-bond acceptors (Lipinski definition) is 2. The summed E-state index contributed by atoms with van der Waals surface area (Å²) in [5.41, 5.74) is 1.55. The minimum atomic E-state index is -0.185. The number of benzene rings is 1. The Bertz CT molecular complexity index is 548. The van der Waals surface area contributed by atoms with Crippen molar-refractivity contribution in [2.24, 2.45) is 11.8 Å². The standard InChI is InChI=1S/C18H23NO2/c1-12(2)10-16-15(13(3)4)11-17(20)19(16)18(21)14-8-6-5-7-9-14/h5-9,12,15-16H,3,10-11H2,1-2,4H3/t15-,16-/m0/s1. The summed E-state index contributed by atoms with van der Waals surface area (Å²) in [4.78, 5) is 26.5. The first-order chi connectivity index (χ1) is 9.91. The van der Waals surface area contributed by atoms with Gasteiger partial charge in [0.1, 0.15) is 0 Å². The van der Waals surface area contributed by atoms with Gasteiger partial charge in [-0.05, 0) is 31.4 Å². The molecule has 2 atom stereocenters. The maximum Gasteiger partial charge on any atom is 0.260 e. The number of rotatable bonds is 4. The van der Waals surface area contributed by atoms with Gasteiger partial charge in [-0.3, -0.25) is 14.5 Å². The molecule has 0 saturated carbocycles. The van der Waals surface area contributed by atoms with Crippen LogP contribution in [-0.2, 0) is 4.79 Å². The third-order valence-electron chi connectivity index (χ3n) is 4.04. The van der Waals surface area contributed by atoms with Crippen LogP contribution in [0.15, 0.2) is 42.5 Å². The molecule has 0 unspecified atom stereocenters. The van der Waals surface area contributed by atoms with Crippen molar-refractivity contribution in [3.05, 3.63) is 48.0 Å². The van der Waals surface area contributed by atoms with Crippen molar-refractivity contribution in [2.75, 3.05) is 0 Å². The van der Waals surface area contributed by atoms with E-state index in [-0.39, 0.29) is 23.8 Å². The van der Waals surface area contributed by atoms with Gasteiger partial charge in [0.05, 0.1) is 0 Å². The van der Waals surface area contributed by atoms with E-state index in [4.69, 9.17) is 0 Å². The fraction of sp³-hybridized carbons (Fsp3) is 0.444. The molecule has 0 radical (unpaired) electrons. The summed E-state index contributed by atoms with van der Waals surface area (Å²) in [6.45, 7) is 10.2. The lowest BCUT2D eigenvalue weighted by molar-refractivity contribution is -0.126. The number of amides is 2. The van der Waals surface area contributed by atoms with Gasteiger partial charge >= 0.3 is 0 Å². The highest BCUT2D eigenvalue weighted by Crippen LogP contribution is 2.35. The molecule has 112 valence electrons. The largest absolute Gasteiger partial charge is 0.275 e.